The van der Waals surface area contributed by atoms with Crippen LogP contribution in [0.4, 0.5) is 5.69 Å². The molecule has 0 saturated heterocycles. The molecule has 0 saturated carbocycles. The lowest BCUT2D eigenvalue weighted by Crippen LogP contribution is -2.15. The van der Waals surface area contributed by atoms with Crippen molar-refractivity contribution in [2.24, 2.45) is 5.73 Å². The standard InChI is InChI=1S/C15H20N4OS/c1-10-4-5-11(8-19(2)3)6-12(10)18-15(20)13-9-21-14(7-16)17-13/h4-6,9H,7-8,16H2,1-3H3,(H,18,20). The lowest BCUT2D eigenvalue weighted by atomic mass is 10.1. The Balaban J connectivity index is 2.16. The fraction of sp³-hybridized carbons (Fsp3) is 0.333. The molecule has 1 amide bonds. The predicted octanol–water partition coefficient (Wildman–Crippen LogP) is 2.22. The summed E-state index contributed by atoms with van der Waals surface area (Å²) < 4.78 is 0. The van der Waals surface area contributed by atoms with Crippen LogP contribution in [0.15, 0.2) is 23.6 Å². The van der Waals surface area contributed by atoms with Crippen LogP contribution >= 0.6 is 11.3 Å². The third-order valence-electron chi connectivity index (χ3n) is 3.01. The molecular formula is C15H20N4OS. The second-order valence-corrected chi connectivity index (χ2v) is 6.11. The van der Waals surface area contributed by atoms with Gasteiger partial charge in [0.2, 0.25) is 0 Å². The number of nitrogens with two attached hydrogens (primary N) is 1. The number of carbonyl (C=O) groups excluding carboxylic acids is 1. The minimum Gasteiger partial charge on any atom is -0.325 e. The van der Waals surface area contributed by atoms with E-state index < -0.39 is 0 Å². The molecule has 3 N–H and O–H groups in total. The van der Waals surface area contributed by atoms with Crippen LogP contribution in [0, 0.1) is 6.92 Å². The van der Waals surface area contributed by atoms with E-state index in [0.29, 0.717) is 12.2 Å². The topological polar surface area (TPSA) is 71.2 Å². The molecule has 0 spiro atoms. The molecular weight excluding hydrogens is 284 g/mol. The fourth-order valence-electron chi connectivity index (χ4n) is 1.96. The van der Waals surface area contributed by atoms with Gasteiger partial charge in [0.1, 0.15) is 10.7 Å². The second-order valence-electron chi connectivity index (χ2n) is 5.17. The number of aryl methyl sites for hydroxylation is 1. The molecule has 1 aromatic heterocycles. The zero-order chi connectivity index (χ0) is 15.4. The number of carbonyl (C=O) groups is 1. The van der Waals surface area contributed by atoms with Gasteiger partial charge in [0, 0.05) is 24.2 Å². The van der Waals surface area contributed by atoms with E-state index in [9.17, 15) is 4.79 Å². The van der Waals surface area contributed by atoms with E-state index in [0.717, 1.165) is 28.4 Å². The summed E-state index contributed by atoms with van der Waals surface area (Å²) in [6.45, 7) is 3.16. The molecule has 5 nitrogen and oxygen atoms in total. The molecule has 0 fully saturated rings. The molecule has 0 aliphatic rings. The summed E-state index contributed by atoms with van der Waals surface area (Å²) in [5.41, 5.74) is 8.94. The molecule has 1 heterocycles. The number of amides is 1. The molecule has 0 atom stereocenters. The second kappa shape index (κ2) is 6.80. The highest BCUT2D eigenvalue weighted by atomic mass is 32.1. The van der Waals surface area contributed by atoms with Crippen LogP contribution in [0.1, 0.15) is 26.6 Å². The molecule has 0 radical (unpaired) electrons. The van der Waals surface area contributed by atoms with Crippen LogP contribution in [0.25, 0.3) is 0 Å². The Hall–Kier alpha value is -1.76. The number of hydrogen-bond acceptors (Lipinski definition) is 5. The molecule has 6 heteroatoms. The van der Waals surface area contributed by atoms with Crippen LogP contribution in [0.5, 0.6) is 0 Å². The van der Waals surface area contributed by atoms with Crippen LogP contribution < -0.4 is 11.1 Å². The maximum atomic E-state index is 12.2. The van der Waals surface area contributed by atoms with E-state index in [1.807, 2.05) is 33.2 Å². The first-order valence-electron chi connectivity index (χ1n) is 6.69. The van der Waals surface area contributed by atoms with Crippen molar-refractivity contribution in [3.63, 3.8) is 0 Å². The molecule has 21 heavy (non-hydrogen) atoms. The van der Waals surface area contributed by atoms with Crippen LogP contribution in [0.2, 0.25) is 0 Å². The first kappa shape index (κ1) is 15.6. The third-order valence-corrected chi connectivity index (χ3v) is 3.88. The van der Waals surface area contributed by atoms with Gasteiger partial charge < -0.3 is 16.0 Å². The van der Waals surface area contributed by atoms with Crippen molar-refractivity contribution in [3.8, 4) is 0 Å². The molecule has 2 aromatic rings. The van der Waals surface area contributed by atoms with Crippen molar-refractivity contribution >= 4 is 22.9 Å². The maximum Gasteiger partial charge on any atom is 0.275 e. The Morgan fingerprint density at radius 2 is 2.19 bits per heavy atom. The van der Waals surface area contributed by atoms with Gasteiger partial charge in [-0.15, -0.1) is 11.3 Å². The van der Waals surface area contributed by atoms with Gasteiger partial charge in [-0.25, -0.2) is 4.98 Å². The highest BCUT2D eigenvalue weighted by Gasteiger charge is 2.12. The van der Waals surface area contributed by atoms with Crippen LogP contribution in [-0.4, -0.2) is 29.9 Å². The number of aromatic nitrogens is 1. The number of thiazole rings is 1. The lowest BCUT2D eigenvalue weighted by Gasteiger charge is -2.13. The van der Waals surface area contributed by atoms with Crippen LogP contribution in [0.3, 0.4) is 0 Å². The number of benzene rings is 1. The molecule has 0 unspecified atom stereocenters. The molecule has 0 bridgehead atoms. The summed E-state index contributed by atoms with van der Waals surface area (Å²) in [7, 11) is 4.03. The Morgan fingerprint density at radius 3 is 2.81 bits per heavy atom. The maximum absolute atomic E-state index is 12.2. The van der Waals surface area contributed by atoms with Gasteiger partial charge in [0.05, 0.1) is 0 Å². The van der Waals surface area contributed by atoms with E-state index in [2.05, 4.69) is 21.3 Å². The van der Waals surface area contributed by atoms with Crippen molar-refractivity contribution < 1.29 is 4.79 Å². The van der Waals surface area contributed by atoms with Gasteiger partial charge in [-0.1, -0.05) is 12.1 Å². The zero-order valence-corrected chi connectivity index (χ0v) is 13.3. The highest BCUT2D eigenvalue weighted by Crippen LogP contribution is 2.19. The van der Waals surface area contributed by atoms with Gasteiger partial charge in [-0.2, -0.15) is 0 Å². The molecule has 2 rings (SSSR count). The summed E-state index contributed by atoms with van der Waals surface area (Å²) >= 11 is 1.40. The first-order chi connectivity index (χ1) is 9.99. The van der Waals surface area contributed by atoms with Crippen molar-refractivity contribution in [2.45, 2.75) is 20.0 Å². The number of rotatable bonds is 5. The number of hydrogen-bond donors (Lipinski definition) is 2. The molecule has 0 aliphatic carbocycles. The minimum atomic E-state index is -0.198. The Labute approximate surface area is 128 Å². The monoisotopic (exact) mass is 304 g/mol. The summed E-state index contributed by atoms with van der Waals surface area (Å²) in [5.74, 6) is -0.198. The smallest absolute Gasteiger partial charge is 0.275 e. The average Bonchev–Trinajstić information content (AvgIpc) is 2.91. The van der Waals surface area contributed by atoms with E-state index in [-0.39, 0.29) is 5.91 Å². The minimum absolute atomic E-state index is 0.198. The average molecular weight is 304 g/mol. The summed E-state index contributed by atoms with van der Waals surface area (Å²) in [4.78, 5) is 18.5. The Kier molecular flexibility index (Phi) is 5.06. The fourth-order valence-corrected chi connectivity index (χ4v) is 2.62. The van der Waals surface area contributed by atoms with Gasteiger partial charge in [-0.05, 0) is 38.2 Å². The first-order valence-corrected chi connectivity index (χ1v) is 7.57. The highest BCUT2D eigenvalue weighted by molar-refractivity contribution is 7.09. The van der Waals surface area contributed by atoms with E-state index in [1.54, 1.807) is 5.38 Å². The van der Waals surface area contributed by atoms with Gasteiger partial charge in [0.15, 0.2) is 0 Å². The molecule has 112 valence electrons. The summed E-state index contributed by atoms with van der Waals surface area (Å²) in [6, 6.07) is 6.09. The summed E-state index contributed by atoms with van der Waals surface area (Å²) in [6.07, 6.45) is 0. The predicted molar refractivity (Wildman–Crippen MR) is 86.5 cm³/mol. The number of nitrogens with one attached hydrogen (secondary N) is 1. The quantitative estimate of drug-likeness (QED) is 0.888. The zero-order valence-electron chi connectivity index (χ0n) is 12.5. The third kappa shape index (κ3) is 4.10. The van der Waals surface area contributed by atoms with Gasteiger partial charge >= 0.3 is 0 Å². The van der Waals surface area contributed by atoms with E-state index >= 15 is 0 Å². The normalized spacial score (nSPS) is 10.9. The largest absolute Gasteiger partial charge is 0.325 e. The Morgan fingerprint density at radius 1 is 1.43 bits per heavy atom. The van der Waals surface area contributed by atoms with E-state index in [1.165, 1.54) is 11.3 Å². The number of nitrogens with zero attached hydrogens (tertiary/aromatic N) is 2. The number of anilines is 1. The Bertz CT molecular complexity index is 636. The van der Waals surface area contributed by atoms with Crippen molar-refractivity contribution in [1.82, 2.24) is 9.88 Å². The van der Waals surface area contributed by atoms with Crippen molar-refractivity contribution in [2.75, 3.05) is 19.4 Å². The van der Waals surface area contributed by atoms with E-state index in [4.69, 9.17) is 5.73 Å². The van der Waals surface area contributed by atoms with Crippen molar-refractivity contribution in [1.29, 1.82) is 0 Å². The summed E-state index contributed by atoms with van der Waals surface area (Å²) in [5, 5.41) is 5.42. The van der Waals surface area contributed by atoms with Crippen molar-refractivity contribution in [3.05, 3.63) is 45.4 Å². The molecule has 1 aromatic carbocycles. The SMILES string of the molecule is Cc1ccc(CN(C)C)cc1NC(=O)c1csc(CN)n1. The lowest BCUT2D eigenvalue weighted by molar-refractivity contribution is 0.102. The van der Waals surface area contributed by atoms with Gasteiger partial charge in [-0.3, -0.25) is 4.79 Å². The van der Waals surface area contributed by atoms with Crippen LogP contribution in [-0.2, 0) is 13.1 Å². The molecule has 0 aliphatic heterocycles. The van der Waals surface area contributed by atoms with Gasteiger partial charge in [0.25, 0.3) is 5.91 Å².